The van der Waals surface area contributed by atoms with Gasteiger partial charge in [-0.15, -0.1) is 0 Å². The molecule has 0 saturated carbocycles. The molecule has 0 bridgehead atoms. The Morgan fingerprint density at radius 2 is 2.00 bits per heavy atom. The molecule has 1 atom stereocenters. The number of nitrogens with zero attached hydrogens (tertiary/aromatic N) is 1. The standard InChI is InChI=1S/C18H28N2O/c1-13-5-6-14(2)17(11-13)15(3)19-18(21)12-16-7-9-20(4)10-8-16/h5-6,11,15-16H,7-10,12H2,1-4H3,(H,19,21). The number of hydrogen-bond donors (Lipinski definition) is 1. The Bertz CT molecular complexity index is 490. The summed E-state index contributed by atoms with van der Waals surface area (Å²) >= 11 is 0. The SMILES string of the molecule is Cc1ccc(C)c(C(C)NC(=O)CC2CCN(C)CC2)c1. The number of rotatable bonds is 4. The number of amides is 1. The average molecular weight is 288 g/mol. The third-order valence-corrected chi connectivity index (χ3v) is 4.59. The highest BCUT2D eigenvalue weighted by molar-refractivity contribution is 5.76. The number of carbonyl (C=O) groups is 1. The molecular weight excluding hydrogens is 260 g/mol. The van der Waals surface area contributed by atoms with E-state index in [0.29, 0.717) is 12.3 Å². The first-order valence-electron chi connectivity index (χ1n) is 8.00. The van der Waals surface area contributed by atoms with Crippen molar-refractivity contribution >= 4 is 5.91 Å². The van der Waals surface area contributed by atoms with E-state index in [1.807, 2.05) is 0 Å². The summed E-state index contributed by atoms with van der Waals surface area (Å²) in [7, 11) is 2.15. The van der Waals surface area contributed by atoms with Gasteiger partial charge in [0.15, 0.2) is 0 Å². The number of carbonyl (C=O) groups excluding carboxylic acids is 1. The predicted molar refractivity (Wildman–Crippen MR) is 87.3 cm³/mol. The lowest BCUT2D eigenvalue weighted by atomic mass is 9.93. The summed E-state index contributed by atoms with van der Waals surface area (Å²) in [6, 6.07) is 6.51. The van der Waals surface area contributed by atoms with Crippen LogP contribution in [0.5, 0.6) is 0 Å². The normalized spacial score (nSPS) is 18.5. The van der Waals surface area contributed by atoms with E-state index in [-0.39, 0.29) is 11.9 Å². The molecule has 0 radical (unpaired) electrons. The second kappa shape index (κ2) is 7.08. The zero-order valence-corrected chi connectivity index (χ0v) is 13.8. The maximum Gasteiger partial charge on any atom is 0.220 e. The highest BCUT2D eigenvalue weighted by Crippen LogP contribution is 2.22. The first-order valence-corrected chi connectivity index (χ1v) is 8.00. The zero-order valence-electron chi connectivity index (χ0n) is 13.8. The predicted octanol–water partition coefficient (Wildman–Crippen LogP) is 3.21. The Kier molecular flexibility index (Phi) is 5.40. The van der Waals surface area contributed by atoms with Crippen molar-refractivity contribution in [2.24, 2.45) is 5.92 Å². The van der Waals surface area contributed by atoms with Crippen molar-refractivity contribution in [2.45, 2.75) is 46.1 Å². The van der Waals surface area contributed by atoms with Crippen molar-refractivity contribution in [2.75, 3.05) is 20.1 Å². The Morgan fingerprint density at radius 3 is 2.67 bits per heavy atom. The molecule has 0 aliphatic carbocycles. The van der Waals surface area contributed by atoms with Gasteiger partial charge in [-0.25, -0.2) is 0 Å². The highest BCUT2D eigenvalue weighted by Gasteiger charge is 2.20. The Labute approximate surface area is 128 Å². The summed E-state index contributed by atoms with van der Waals surface area (Å²) in [6.45, 7) is 8.51. The Hall–Kier alpha value is -1.35. The number of aryl methyl sites for hydroxylation is 2. The minimum absolute atomic E-state index is 0.0867. The fraction of sp³-hybridized carbons (Fsp3) is 0.611. The fourth-order valence-electron chi connectivity index (χ4n) is 3.13. The van der Waals surface area contributed by atoms with E-state index in [1.165, 1.54) is 16.7 Å². The van der Waals surface area contributed by atoms with Crippen molar-refractivity contribution < 1.29 is 4.79 Å². The summed E-state index contributed by atoms with van der Waals surface area (Å²) in [6.07, 6.45) is 2.95. The molecule has 116 valence electrons. The lowest BCUT2D eigenvalue weighted by molar-refractivity contribution is -0.123. The topological polar surface area (TPSA) is 32.3 Å². The minimum Gasteiger partial charge on any atom is -0.350 e. The molecule has 0 aromatic heterocycles. The van der Waals surface area contributed by atoms with Gasteiger partial charge in [-0.1, -0.05) is 23.8 Å². The molecule has 1 unspecified atom stereocenters. The lowest BCUT2D eigenvalue weighted by Crippen LogP contribution is -2.34. The van der Waals surface area contributed by atoms with Crippen LogP contribution >= 0.6 is 0 Å². The van der Waals surface area contributed by atoms with Crippen LogP contribution in [0.4, 0.5) is 0 Å². The molecule has 0 spiro atoms. The fourth-order valence-corrected chi connectivity index (χ4v) is 3.13. The quantitative estimate of drug-likeness (QED) is 0.922. The van der Waals surface area contributed by atoms with Crippen LogP contribution in [0.2, 0.25) is 0 Å². The van der Waals surface area contributed by atoms with Gasteiger partial charge in [0, 0.05) is 6.42 Å². The first kappa shape index (κ1) is 16.0. The van der Waals surface area contributed by atoms with Crippen molar-refractivity contribution in [1.29, 1.82) is 0 Å². The molecule has 2 rings (SSSR count). The molecule has 1 fully saturated rings. The molecule has 1 heterocycles. The van der Waals surface area contributed by atoms with Gasteiger partial charge in [-0.05, 0) is 70.8 Å². The second-order valence-electron chi connectivity index (χ2n) is 6.60. The van der Waals surface area contributed by atoms with Crippen molar-refractivity contribution in [3.63, 3.8) is 0 Å². The molecule has 3 nitrogen and oxygen atoms in total. The largest absolute Gasteiger partial charge is 0.350 e. The molecule has 1 amide bonds. The summed E-state index contributed by atoms with van der Waals surface area (Å²) in [4.78, 5) is 14.6. The van der Waals surface area contributed by atoms with E-state index in [0.717, 1.165) is 25.9 Å². The van der Waals surface area contributed by atoms with Crippen LogP contribution < -0.4 is 5.32 Å². The molecule has 1 aromatic carbocycles. The van der Waals surface area contributed by atoms with Gasteiger partial charge < -0.3 is 10.2 Å². The van der Waals surface area contributed by atoms with Gasteiger partial charge >= 0.3 is 0 Å². The summed E-state index contributed by atoms with van der Waals surface area (Å²) in [5, 5.41) is 3.17. The van der Waals surface area contributed by atoms with Crippen LogP contribution in [0.1, 0.15) is 48.9 Å². The number of nitrogens with one attached hydrogen (secondary N) is 1. The molecule has 1 aliphatic heterocycles. The molecule has 3 heteroatoms. The molecule has 1 saturated heterocycles. The van der Waals surface area contributed by atoms with Gasteiger partial charge in [-0.3, -0.25) is 4.79 Å². The van der Waals surface area contributed by atoms with E-state index in [2.05, 4.69) is 56.2 Å². The van der Waals surface area contributed by atoms with Crippen LogP contribution in [0.3, 0.4) is 0 Å². The maximum absolute atomic E-state index is 12.2. The number of benzene rings is 1. The van der Waals surface area contributed by atoms with Crippen LogP contribution in [0, 0.1) is 19.8 Å². The molecule has 1 aliphatic rings. The number of likely N-dealkylation sites (tertiary alicyclic amines) is 1. The first-order chi connectivity index (χ1) is 9.95. The summed E-state index contributed by atoms with van der Waals surface area (Å²) in [5.41, 5.74) is 3.71. The molecule has 21 heavy (non-hydrogen) atoms. The van der Waals surface area contributed by atoms with Crippen molar-refractivity contribution in [1.82, 2.24) is 10.2 Å². The number of hydrogen-bond acceptors (Lipinski definition) is 2. The Morgan fingerprint density at radius 1 is 1.33 bits per heavy atom. The van der Waals surface area contributed by atoms with Gasteiger partial charge in [0.2, 0.25) is 5.91 Å². The van der Waals surface area contributed by atoms with Gasteiger partial charge in [0.25, 0.3) is 0 Å². The number of piperidine rings is 1. The van der Waals surface area contributed by atoms with Crippen molar-refractivity contribution in [3.05, 3.63) is 34.9 Å². The summed E-state index contributed by atoms with van der Waals surface area (Å²) in [5.74, 6) is 0.741. The van der Waals surface area contributed by atoms with Gasteiger partial charge in [0.05, 0.1) is 6.04 Å². The summed E-state index contributed by atoms with van der Waals surface area (Å²) < 4.78 is 0. The Balaban J connectivity index is 1.88. The second-order valence-corrected chi connectivity index (χ2v) is 6.60. The van der Waals surface area contributed by atoms with E-state index < -0.39 is 0 Å². The smallest absolute Gasteiger partial charge is 0.220 e. The van der Waals surface area contributed by atoms with Crippen LogP contribution in [0.15, 0.2) is 18.2 Å². The highest BCUT2D eigenvalue weighted by atomic mass is 16.1. The third-order valence-electron chi connectivity index (χ3n) is 4.59. The van der Waals surface area contributed by atoms with E-state index in [1.54, 1.807) is 0 Å². The van der Waals surface area contributed by atoms with Crippen LogP contribution in [-0.4, -0.2) is 30.9 Å². The van der Waals surface area contributed by atoms with Gasteiger partial charge in [0.1, 0.15) is 0 Å². The van der Waals surface area contributed by atoms with Crippen LogP contribution in [-0.2, 0) is 4.79 Å². The lowest BCUT2D eigenvalue weighted by Gasteiger charge is -2.29. The van der Waals surface area contributed by atoms with Gasteiger partial charge in [-0.2, -0.15) is 0 Å². The van der Waals surface area contributed by atoms with Crippen LogP contribution in [0.25, 0.3) is 0 Å². The maximum atomic E-state index is 12.2. The van der Waals surface area contributed by atoms with Crippen molar-refractivity contribution in [3.8, 4) is 0 Å². The molecular formula is C18H28N2O. The third kappa shape index (κ3) is 4.57. The zero-order chi connectivity index (χ0) is 15.4. The monoisotopic (exact) mass is 288 g/mol. The van der Waals surface area contributed by atoms with E-state index in [4.69, 9.17) is 0 Å². The van der Waals surface area contributed by atoms with E-state index in [9.17, 15) is 4.79 Å². The molecule has 1 N–H and O–H groups in total. The average Bonchev–Trinajstić information content (AvgIpc) is 2.44. The molecule has 1 aromatic rings. The van der Waals surface area contributed by atoms with E-state index >= 15 is 0 Å². The minimum atomic E-state index is 0.0867.